The summed E-state index contributed by atoms with van der Waals surface area (Å²) in [7, 11) is -2.79. The molecule has 1 N–H and O–H groups in total. The largest absolute Gasteiger partial charge is 0.495 e. The summed E-state index contributed by atoms with van der Waals surface area (Å²) in [4.78, 5) is 28.1. The van der Waals surface area contributed by atoms with E-state index in [2.05, 4.69) is 5.32 Å². The van der Waals surface area contributed by atoms with Gasteiger partial charge in [-0.3, -0.25) is 13.9 Å². The number of sulfonamides is 1. The molecule has 0 bridgehead atoms. The maximum Gasteiger partial charge on any atom is 0.264 e. The molecule has 0 aromatic heterocycles. The second kappa shape index (κ2) is 13.7. The lowest BCUT2D eigenvalue weighted by molar-refractivity contribution is -0.139. The van der Waals surface area contributed by atoms with Crippen LogP contribution in [0.4, 0.5) is 10.1 Å². The van der Waals surface area contributed by atoms with E-state index < -0.39 is 34.3 Å². The Labute approximate surface area is 229 Å². The second-order valence-electron chi connectivity index (χ2n) is 8.97. The number of methoxy groups -OCH3 is 1. The fourth-order valence-electron chi connectivity index (χ4n) is 3.97. The highest BCUT2D eigenvalue weighted by molar-refractivity contribution is 7.92. The van der Waals surface area contributed by atoms with Gasteiger partial charge in [0.15, 0.2) is 0 Å². The number of benzene rings is 3. The highest BCUT2D eigenvalue weighted by Crippen LogP contribution is 2.32. The predicted octanol–water partition coefficient (Wildman–Crippen LogP) is 4.36. The average molecular weight is 556 g/mol. The van der Waals surface area contributed by atoms with Crippen molar-refractivity contribution in [1.29, 1.82) is 0 Å². The summed E-state index contributed by atoms with van der Waals surface area (Å²) >= 11 is 0. The van der Waals surface area contributed by atoms with Crippen LogP contribution in [0.15, 0.2) is 83.8 Å². The average Bonchev–Trinajstić information content (AvgIpc) is 2.95. The molecule has 0 radical (unpaired) electrons. The first-order chi connectivity index (χ1) is 18.7. The van der Waals surface area contributed by atoms with Crippen LogP contribution in [0.2, 0.25) is 0 Å². The number of nitrogens with zero attached hydrogens (tertiary/aromatic N) is 2. The van der Waals surface area contributed by atoms with Gasteiger partial charge in [-0.1, -0.05) is 55.8 Å². The van der Waals surface area contributed by atoms with Crippen molar-refractivity contribution in [3.05, 3.63) is 90.2 Å². The summed E-state index contributed by atoms with van der Waals surface area (Å²) < 4.78 is 47.6. The fourth-order valence-corrected chi connectivity index (χ4v) is 5.42. The molecule has 1 atom stereocenters. The molecule has 3 aromatic rings. The van der Waals surface area contributed by atoms with Crippen molar-refractivity contribution >= 4 is 27.5 Å². The summed E-state index contributed by atoms with van der Waals surface area (Å²) in [5.41, 5.74) is 0.770. The Kier molecular flexibility index (Phi) is 10.4. The zero-order chi connectivity index (χ0) is 28.4. The Balaban J connectivity index is 2.02. The van der Waals surface area contributed by atoms with E-state index in [-0.39, 0.29) is 28.8 Å². The maximum atomic E-state index is 13.9. The molecule has 0 aliphatic rings. The molecule has 0 heterocycles. The summed E-state index contributed by atoms with van der Waals surface area (Å²) in [5.74, 6) is -1.14. The van der Waals surface area contributed by atoms with E-state index in [9.17, 15) is 22.4 Å². The number of anilines is 1. The molecule has 0 aliphatic carbocycles. The third-order valence-electron chi connectivity index (χ3n) is 6.23. The van der Waals surface area contributed by atoms with Crippen molar-refractivity contribution in [1.82, 2.24) is 10.2 Å². The van der Waals surface area contributed by atoms with E-state index >= 15 is 0 Å². The molecule has 0 aliphatic heterocycles. The van der Waals surface area contributed by atoms with E-state index in [4.69, 9.17) is 4.74 Å². The molecule has 0 saturated heterocycles. The number of nitrogens with one attached hydrogen (secondary N) is 1. The first-order valence-corrected chi connectivity index (χ1v) is 14.2. The molecule has 2 amide bonds. The molecule has 208 valence electrons. The van der Waals surface area contributed by atoms with Crippen molar-refractivity contribution in [3.63, 3.8) is 0 Å². The Morgan fingerprint density at radius 2 is 1.62 bits per heavy atom. The maximum absolute atomic E-state index is 13.9. The first kappa shape index (κ1) is 29.6. The third kappa shape index (κ3) is 7.57. The number of para-hydroxylation sites is 2. The van der Waals surface area contributed by atoms with Gasteiger partial charge in [-0.25, -0.2) is 12.8 Å². The van der Waals surface area contributed by atoms with Gasteiger partial charge in [0.2, 0.25) is 11.8 Å². The van der Waals surface area contributed by atoms with Gasteiger partial charge >= 0.3 is 0 Å². The molecule has 10 heteroatoms. The van der Waals surface area contributed by atoms with Crippen molar-refractivity contribution in [3.8, 4) is 5.75 Å². The number of ether oxygens (including phenoxy) is 1. The van der Waals surface area contributed by atoms with Crippen LogP contribution in [-0.2, 0) is 26.2 Å². The lowest BCUT2D eigenvalue weighted by Gasteiger charge is -2.32. The van der Waals surface area contributed by atoms with Gasteiger partial charge in [-0.05, 0) is 55.3 Å². The normalized spacial score (nSPS) is 11.9. The quantitative estimate of drug-likeness (QED) is 0.316. The molecule has 8 nitrogen and oxygen atoms in total. The smallest absolute Gasteiger partial charge is 0.264 e. The minimum atomic E-state index is -4.20. The molecule has 0 fully saturated rings. The van der Waals surface area contributed by atoms with Gasteiger partial charge in [0.25, 0.3) is 10.0 Å². The number of carbonyl (C=O) groups is 2. The zero-order valence-corrected chi connectivity index (χ0v) is 23.2. The zero-order valence-electron chi connectivity index (χ0n) is 22.3. The van der Waals surface area contributed by atoms with E-state index in [0.717, 1.165) is 17.1 Å². The van der Waals surface area contributed by atoms with Gasteiger partial charge in [-0.2, -0.15) is 0 Å². The molecule has 3 aromatic carbocycles. The number of halogens is 1. The monoisotopic (exact) mass is 555 g/mol. The van der Waals surface area contributed by atoms with Crippen LogP contribution >= 0.6 is 0 Å². The Morgan fingerprint density at radius 1 is 0.974 bits per heavy atom. The van der Waals surface area contributed by atoms with Crippen LogP contribution in [-0.4, -0.2) is 51.4 Å². The minimum absolute atomic E-state index is 0.000789. The summed E-state index contributed by atoms with van der Waals surface area (Å²) in [6.45, 7) is 3.42. The predicted molar refractivity (Wildman–Crippen MR) is 148 cm³/mol. The van der Waals surface area contributed by atoms with Gasteiger partial charge < -0.3 is 15.0 Å². The summed E-state index contributed by atoms with van der Waals surface area (Å²) in [5, 5.41) is 2.83. The third-order valence-corrected chi connectivity index (χ3v) is 8.00. The van der Waals surface area contributed by atoms with Crippen LogP contribution in [0.3, 0.4) is 0 Å². The number of rotatable bonds is 13. The molecule has 39 heavy (non-hydrogen) atoms. The number of hydrogen-bond acceptors (Lipinski definition) is 5. The van der Waals surface area contributed by atoms with Gasteiger partial charge in [0, 0.05) is 13.1 Å². The van der Waals surface area contributed by atoms with Crippen LogP contribution in [0, 0.1) is 5.82 Å². The molecule has 0 spiro atoms. The molecule has 1 unspecified atom stereocenters. The van der Waals surface area contributed by atoms with Crippen molar-refractivity contribution in [2.24, 2.45) is 0 Å². The lowest BCUT2D eigenvalue weighted by Crippen LogP contribution is -2.51. The highest BCUT2D eigenvalue weighted by Gasteiger charge is 2.33. The number of amides is 2. The van der Waals surface area contributed by atoms with Crippen LogP contribution in [0.25, 0.3) is 0 Å². The van der Waals surface area contributed by atoms with Crippen molar-refractivity contribution in [2.45, 2.75) is 44.2 Å². The number of hydrogen-bond donors (Lipinski definition) is 1. The van der Waals surface area contributed by atoms with E-state index in [0.29, 0.717) is 12.1 Å². The molecule has 3 rings (SSSR count). The summed E-state index contributed by atoms with van der Waals surface area (Å²) in [6, 6.07) is 18.9. The Morgan fingerprint density at radius 3 is 2.26 bits per heavy atom. The van der Waals surface area contributed by atoms with Crippen molar-refractivity contribution in [2.75, 3.05) is 24.5 Å². The van der Waals surface area contributed by atoms with Crippen molar-refractivity contribution < 1.29 is 27.1 Å². The standard InChI is InChI=1S/C29H34FN3O5S/c1-4-5-19-31-29(35)22(2)32(20-23-15-17-24(30)18-16-23)28(34)21-33(26-13-9-10-14-27(26)38-3)39(36,37)25-11-7-6-8-12-25/h6-18,22H,4-5,19-21H2,1-3H3,(H,31,35). The lowest BCUT2D eigenvalue weighted by atomic mass is 10.1. The number of unbranched alkanes of at least 4 members (excludes halogenated alkanes) is 1. The molecule has 0 saturated carbocycles. The minimum Gasteiger partial charge on any atom is -0.495 e. The van der Waals surface area contributed by atoms with Gasteiger partial charge in [0.1, 0.15) is 24.2 Å². The number of carbonyl (C=O) groups excluding carboxylic acids is 2. The summed E-state index contributed by atoms with van der Waals surface area (Å²) in [6.07, 6.45) is 1.67. The SMILES string of the molecule is CCCCNC(=O)C(C)N(Cc1ccc(F)cc1)C(=O)CN(c1ccccc1OC)S(=O)(=O)c1ccccc1. The van der Waals surface area contributed by atoms with E-state index in [1.165, 1.54) is 48.4 Å². The second-order valence-corrected chi connectivity index (χ2v) is 10.8. The van der Waals surface area contributed by atoms with Gasteiger partial charge in [0.05, 0.1) is 17.7 Å². The first-order valence-electron chi connectivity index (χ1n) is 12.7. The van der Waals surface area contributed by atoms with E-state index in [1.807, 2.05) is 6.92 Å². The Bertz CT molecular complexity index is 1350. The fraction of sp³-hybridized carbons (Fsp3) is 0.310. The van der Waals surface area contributed by atoms with Crippen LogP contribution < -0.4 is 14.4 Å². The molecular weight excluding hydrogens is 521 g/mol. The van der Waals surface area contributed by atoms with Crippen LogP contribution in [0.5, 0.6) is 5.75 Å². The topological polar surface area (TPSA) is 96.0 Å². The highest BCUT2D eigenvalue weighted by atomic mass is 32.2. The molecular formula is C29H34FN3O5S. The van der Waals surface area contributed by atoms with E-state index in [1.54, 1.807) is 49.4 Å². The van der Waals surface area contributed by atoms with Crippen LogP contribution in [0.1, 0.15) is 32.3 Å². The Hall–Kier alpha value is -3.92. The van der Waals surface area contributed by atoms with Gasteiger partial charge in [-0.15, -0.1) is 0 Å².